The smallest absolute Gasteiger partial charge is 0.326 e. The van der Waals surface area contributed by atoms with Crippen LogP contribution in [0.1, 0.15) is 46.7 Å². The zero-order valence-electron chi connectivity index (χ0n) is 16.3. The van der Waals surface area contributed by atoms with E-state index in [0.717, 1.165) is 12.1 Å². The molecule has 1 fully saturated rings. The van der Waals surface area contributed by atoms with Gasteiger partial charge in [-0.2, -0.15) is 13.2 Å². The third-order valence-corrected chi connectivity index (χ3v) is 6.73. The van der Waals surface area contributed by atoms with Crippen LogP contribution in [0.3, 0.4) is 0 Å². The monoisotopic (exact) mass is 547 g/mol. The Morgan fingerprint density at radius 3 is 2.27 bits per heavy atom. The summed E-state index contributed by atoms with van der Waals surface area (Å²) in [6.45, 7) is 0. The highest BCUT2D eigenvalue weighted by atomic mass is 35.5. The van der Waals surface area contributed by atoms with Crippen molar-refractivity contribution in [3.63, 3.8) is 0 Å². The van der Waals surface area contributed by atoms with E-state index in [1.807, 2.05) is 0 Å². The van der Waals surface area contributed by atoms with E-state index < -0.39 is 58.9 Å². The zero-order valence-corrected chi connectivity index (χ0v) is 19.4. The van der Waals surface area contributed by atoms with E-state index in [1.165, 1.54) is 24.3 Å². The maximum Gasteiger partial charge on any atom is 0.389 e. The van der Waals surface area contributed by atoms with Gasteiger partial charge < -0.3 is 5.32 Å². The number of nitrogens with one attached hydrogen (secondary N) is 1. The number of benzene rings is 2. The molecule has 1 amide bonds. The highest BCUT2D eigenvalue weighted by Gasteiger charge is 2.67. The molecule has 1 aliphatic carbocycles. The van der Waals surface area contributed by atoms with Crippen molar-refractivity contribution in [3.05, 3.63) is 63.1 Å². The van der Waals surface area contributed by atoms with Gasteiger partial charge in [-0.15, -0.1) is 23.2 Å². The third-order valence-electron chi connectivity index (χ3n) is 5.12. The van der Waals surface area contributed by atoms with E-state index in [0.29, 0.717) is 5.56 Å². The standard InChI is InChI=1S/C21H14Cl4F5NO2/c22-13-4-2-10(8-11(13)15(32)5-6-20(28,29)30)31-19(33)17-16(21(17,24)25)9-1-3-14(23)12(7-9)18(26)27/h1-4,7-8,16-18H,5-6H2,(H,31,33). The summed E-state index contributed by atoms with van der Waals surface area (Å²) in [6, 6.07) is 7.57. The molecule has 2 unspecified atom stereocenters. The molecule has 0 saturated heterocycles. The fourth-order valence-electron chi connectivity index (χ4n) is 3.42. The average molecular weight is 549 g/mol. The van der Waals surface area contributed by atoms with Crippen molar-refractivity contribution < 1.29 is 31.5 Å². The number of anilines is 1. The number of ketones is 1. The van der Waals surface area contributed by atoms with Gasteiger partial charge in [0.05, 0.1) is 17.4 Å². The predicted molar refractivity (Wildman–Crippen MR) is 117 cm³/mol. The van der Waals surface area contributed by atoms with Gasteiger partial charge in [0.1, 0.15) is 4.33 Å². The van der Waals surface area contributed by atoms with Crippen molar-refractivity contribution in [2.45, 2.75) is 35.7 Å². The van der Waals surface area contributed by atoms with Gasteiger partial charge >= 0.3 is 6.18 Å². The van der Waals surface area contributed by atoms with Crippen LogP contribution in [0.25, 0.3) is 0 Å². The summed E-state index contributed by atoms with van der Waals surface area (Å²) >= 11 is 24.2. The Morgan fingerprint density at radius 2 is 1.67 bits per heavy atom. The van der Waals surface area contributed by atoms with Gasteiger partial charge in [0, 0.05) is 34.2 Å². The number of hydrogen-bond donors (Lipinski definition) is 1. The Balaban J connectivity index is 1.76. The van der Waals surface area contributed by atoms with Crippen LogP contribution in [-0.4, -0.2) is 22.2 Å². The molecule has 178 valence electrons. The zero-order chi connectivity index (χ0) is 24.7. The minimum atomic E-state index is -4.51. The first-order valence-electron chi connectivity index (χ1n) is 9.38. The molecule has 33 heavy (non-hydrogen) atoms. The molecule has 0 aliphatic heterocycles. The molecule has 3 rings (SSSR count). The van der Waals surface area contributed by atoms with E-state index in [9.17, 15) is 31.5 Å². The number of halogens is 9. The lowest BCUT2D eigenvalue weighted by molar-refractivity contribution is -0.133. The Hall–Kier alpha value is -1.61. The first-order valence-corrected chi connectivity index (χ1v) is 10.9. The Bertz CT molecular complexity index is 1090. The summed E-state index contributed by atoms with van der Waals surface area (Å²) in [5.41, 5.74) is -0.240. The molecule has 0 aromatic heterocycles. The van der Waals surface area contributed by atoms with Gasteiger partial charge in [-0.05, 0) is 35.9 Å². The van der Waals surface area contributed by atoms with Crippen LogP contribution < -0.4 is 5.32 Å². The molecule has 0 bridgehead atoms. The minimum absolute atomic E-state index is 0.0748. The molecule has 1 aliphatic rings. The van der Waals surface area contributed by atoms with E-state index in [-0.39, 0.29) is 21.3 Å². The van der Waals surface area contributed by atoms with Gasteiger partial charge in [-0.3, -0.25) is 9.59 Å². The summed E-state index contributed by atoms with van der Waals surface area (Å²) in [7, 11) is 0. The molecule has 0 heterocycles. The summed E-state index contributed by atoms with van der Waals surface area (Å²) in [5.74, 6) is -3.35. The SMILES string of the molecule is O=C(CCC(F)(F)F)c1cc(NC(=O)C2C(c3ccc(Cl)c(C(F)F)c3)C2(Cl)Cl)ccc1Cl. The Morgan fingerprint density at radius 1 is 1.03 bits per heavy atom. The molecular formula is C21H14Cl4F5NO2. The van der Waals surface area contributed by atoms with E-state index in [4.69, 9.17) is 46.4 Å². The predicted octanol–water partition coefficient (Wildman–Crippen LogP) is 7.98. The van der Waals surface area contributed by atoms with Crippen LogP contribution >= 0.6 is 46.4 Å². The summed E-state index contributed by atoms with van der Waals surface area (Å²) < 4.78 is 61.9. The Labute approximate surface area is 205 Å². The van der Waals surface area contributed by atoms with Gasteiger partial charge in [0.15, 0.2) is 5.78 Å². The van der Waals surface area contributed by atoms with E-state index in [2.05, 4.69) is 5.32 Å². The highest BCUT2D eigenvalue weighted by molar-refractivity contribution is 6.53. The largest absolute Gasteiger partial charge is 0.389 e. The number of rotatable bonds is 7. The fourth-order valence-corrected chi connectivity index (χ4v) is 4.67. The number of carbonyl (C=O) groups is 2. The third kappa shape index (κ3) is 5.91. The molecule has 2 aromatic rings. The second-order valence-electron chi connectivity index (χ2n) is 7.43. The van der Waals surface area contributed by atoms with Crippen molar-refractivity contribution in [2.24, 2.45) is 5.92 Å². The van der Waals surface area contributed by atoms with Crippen LogP contribution in [0.5, 0.6) is 0 Å². The molecular weight excluding hydrogens is 535 g/mol. The first kappa shape index (κ1) is 26.0. The van der Waals surface area contributed by atoms with Crippen molar-refractivity contribution in [1.29, 1.82) is 0 Å². The highest BCUT2D eigenvalue weighted by Crippen LogP contribution is 2.65. The maximum absolute atomic E-state index is 13.2. The van der Waals surface area contributed by atoms with Gasteiger partial charge in [-0.1, -0.05) is 29.3 Å². The first-order chi connectivity index (χ1) is 15.2. The molecule has 0 spiro atoms. The van der Waals surface area contributed by atoms with Crippen molar-refractivity contribution >= 4 is 63.8 Å². The Kier molecular flexibility index (Phi) is 7.54. The topological polar surface area (TPSA) is 46.2 Å². The number of carbonyl (C=O) groups excluding carboxylic acids is 2. The second kappa shape index (κ2) is 9.56. The van der Waals surface area contributed by atoms with Gasteiger partial charge in [-0.25, -0.2) is 8.78 Å². The van der Waals surface area contributed by atoms with Crippen molar-refractivity contribution in [3.8, 4) is 0 Å². The lowest BCUT2D eigenvalue weighted by atomic mass is 10.0. The maximum atomic E-state index is 13.2. The quantitative estimate of drug-likeness (QED) is 0.216. The van der Waals surface area contributed by atoms with Gasteiger partial charge in [0.25, 0.3) is 6.43 Å². The summed E-state index contributed by atoms with van der Waals surface area (Å²) in [6.07, 6.45) is -9.47. The fraction of sp³-hybridized carbons (Fsp3) is 0.333. The number of amides is 1. The number of alkyl halides is 7. The molecule has 1 N–H and O–H groups in total. The molecule has 3 nitrogen and oxygen atoms in total. The summed E-state index contributed by atoms with van der Waals surface area (Å²) in [4.78, 5) is 24.9. The normalized spacial score (nSPS) is 19.5. The van der Waals surface area contributed by atoms with E-state index in [1.54, 1.807) is 0 Å². The molecule has 1 saturated carbocycles. The van der Waals surface area contributed by atoms with Crippen LogP contribution in [0.4, 0.5) is 27.6 Å². The lowest BCUT2D eigenvalue weighted by Gasteiger charge is -2.10. The van der Waals surface area contributed by atoms with Crippen LogP contribution in [0.2, 0.25) is 10.0 Å². The van der Waals surface area contributed by atoms with Crippen LogP contribution in [-0.2, 0) is 4.79 Å². The molecule has 2 aromatic carbocycles. The van der Waals surface area contributed by atoms with Crippen LogP contribution in [0, 0.1) is 5.92 Å². The van der Waals surface area contributed by atoms with Gasteiger partial charge in [0.2, 0.25) is 5.91 Å². The minimum Gasteiger partial charge on any atom is -0.326 e. The lowest BCUT2D eigenvalue weighted by Crippen LogP contribution is -2.17. The molecule has 0 radical (unpaired) electrons. The van der Waals surface area contributed by atoms with Crippen LogP contribution in [0.15, 0.2) is 36.4 Å². The molecule has 2 atom stereocenters. The number of hydrogen-bond acceptors (Lipinski definition) is 2. The summed E-state index contributed by atoms with van der Waals surface area (Å²) in [5, 5.41) is 2.27. The van der Waals surface area contributed by atoms with Crippen molar-refractivity contribution in [1.82, 2.24) is 0 Å². The second-order valence-corrected chi connectivity index (χ2v) is 9.69. The van der Waals surface area contributed by atoms with E-state index >= 15 is 0 Å². The number of Topliss-reactive ketones (excluding diaryl/α,β-unsaturated/α-hetero) is 1. The average Bonchev–Trinajstić information content (AvgIpc) is 3.29. The van der Waals surface area contributed by atoms with Crippen molar-refractivity contribution in [2.75, 3.05) is 5.32 Å². The molecule has 12 heteroatoms.